The van der Waals surface area contributed by atoms with Crippen molar-refractivity contribution in [1.29, 1.82) is 0 Å². The summed E-state index contributed by atoms with van der Waals surface area (Å²) in [4.78, 5) is 30.1. The number of hydrogen-bond acceptors (Lipinski definition) is 3. The van der Waals surface area contributed by atoms with Gasteiger partial charge in [0.1, 0.15) is 0 Å². The maximum absolute atomic E-state index is 10.2. The molecule has 0 rings (SSSR count). The predicted molar refractivity (Wildman–Crippen MR) is 44.2 cm³/mol. The van der Waals surface area contributed by atoms with E-state index in [1.54, 1.807) is 0 Å². The second-order valence-corrected chi connectivity index (χ2v) is 1.88. The number of hydrogen-bond donors (Lipinski definition) is 3. The summed E-state index contributed by atoms with van der Waals surface area (Å²) < 4.78 is 0. The van der Waals surface area contributed by atoms with Gasteiger partial charge >= 0.3 is 55.6 Å². The Labute approximate surface area is 103 Å². The molecular weight excluding hydrogens is 208 g/mol. The molecule has 0 aliphatic carbocycles. The van der Waals surface area contributed by atoms with Gasteiger partial charge in [0.15, 0.2) is 0 Å². The molecule has 0 spiro atoms. The zero-order chi connectivity index (χ0) is 9.72. The van der Waals surface area contributed by atoms with Gasteiger partial charge in [0, 0.05) is 6.08 Å². The standard InChI is InChI=1S/C6H6O6.Ca.2H/c7-4(8)1-3(6(11)12)2-5(9)10;;;/h1H,2H2,(H,7,8)(H,9,10)(H,11,12);;;. The van der Waals surface area contributed by atoms with Gasteiger partial charge in [-0.15, -0.1) is 0 Å². The first-order chi connectivity index (χ1) is 5.43. The van der Waals surface area contributed by atoms with Crippen LogP contribution in [0.1, 0.15) is 6.42 Å². The SMILES string of the molecule is O=C(O)C=C(CC(=O)O)C(=O)O.[CaH2]. The van der Waals surface area contributed by atoms with Crippen LogP contribution in [0.4, 0.5) is 0 Å². The summed E-state index contributed by atoms with van der Waals surface area (Å²) in [6, 6.07) is 0. The molecule has 0 saturated carbocycles. The molecule has 0 amide bonds. The normalized spacial score (nSPS) is 10.0. The van der Waals surface area contributed by atoms with E-state index in [1.807, 2.05) is 0 Å². The number of carboxylic acid groups (broad SMARTS) is 3. The summed E-state index contributed by atoms with van der Waals surface area (Å²) in [5.41, 5.74) is -0.657. The molecule has 0 unspecified atom stereocenters. The molecule has 0 bridgehead atoms. The van der Waals surface area contributed by atoms with Crippen LogP contribution in [0, 0.1) is 0 Å². The Balaban J connectivity index is 0. The Kier molecular flexibility index (Phi) is 7.89. The Morgan fingerprint density at radius 1 is 1.08 bits per heavy atom. The molecule has 0 atom stereocenters. The van der Waals surface area contributed by atoms with Gasteiger partial charge < -0.3 is 15.3 Å². The quantitative estimate of drug-likeness (QED) is 0.395. The first-order valence-electron chi connectivity index (χ1n) is 2.82. The summed E-state index contributed by atoms with van der Waals surface area (Å²) in [6.45, 7) is 0. The van der Waals surface area contributed by atoms with Crippen LogP contribution in [0.2, 0.25) is 0 Å². The summed E-state index contributed by atoms with van der Waals surface area (Å²) in [5.74, 6) is -4.40. The van der Waals surface area contributed by atoms with E-state index in [0.717, 1.165) is 0 Å². The number of rotatable bonds is 4. The average Bonchev–Trinajstić information content (AvgIpc) is 1.83. The van der Waals surface area contributed by atoms with Crippen molar-refractivity contribution >= 4 is 55.6 Å². The molecule has 0 fully saturated rings. The first kappa shape index (κ1) is 14.9. The average molecular weight is 216 g/mol. The van der Waals surface area contributed by atoms with Gasteiger partial charge in [-0.1, -0.05) is 0 Å². The summed E-state index contributed by atoms with van der Waals surface area (Å²) in [5, 5.41) is 24.5. The Morgan fingerprint density at radius 2 is 1.54 bits per heavy atom. The molecule has 0 heterocycles. The molecule has 7 heteroatoms. The van der Waals surface area contributed by atoms with E-state index in [2.05, 4.69) is 0 Å². The van der Waals surface area contributed by atoms with Crippen LogP contribution in [0.5, 0.6) is 0 Å². The van der Waals surface area contributed by atoms with Crippen molar-refractivity contribution in [2.45, 2.75) is 6.42 Å². The van der Waals surface area contributed by atoms with Crippen molar-refractivity contribution in [3.05, 3.63) is 11.6 Å². The van der Waals surface area contributed by atoms with Crippen LogP contribution in [-0.2, 0) is 14.4 Å². The van der Waals surface area contributed by atoms with E-state index < -0.39 is 29.9 Å². The fraction of sp³-hybridized carbons (Fsp3) is 0.167. The first-order valence-corrected chi connectivity index (χ1v) is 2.82. The minimum absolute atomic E-state index is 0. The minimum atomic E-state index is -1.54. The second-order valence-electron chi connectivity index (χ2n) is 1.88. The maximum atomic E-state index is 10.2. The molecular formula is C6H8CaO6. The third-order valence-corrected chi connectivity index (χ3v) is 0.914. The number of carbonyl (C=O) groups is 3. The number of carboxylic acids is 3. The van der Waals surface area contributed by atoms with Crippen molar-refractivity contribution in [3.8, 4) is 0 Å². The van der Waals surface area contributed by atoms with Gasteiger partial charge in [-0.2, -0.15) is 0 Å². The zero-order valence-corrected chi connectivity index (χ0v) is 5.85. The van der Waals surface area contributed by atoms with E-state index >= 15 is 0 Å². The molecule has 13 heavy (non-hydrogen) atoms. The Hall–Kier alpha value is -0.590. The fourth-order valence-corrected chi connectivity index (χ4v) is 0.500. The van der Waals surface area contributed by atoms with E-state index in [-0.39, 0.29) is 37.7 Å². The summed E-state index contributed by atoms with van der Waals surface area (Å²) in [6.07, 6.45) is -0.446. The summed E-state index contributed by atoms with van der Waals surface area (Å²) in [7, 11) is 0. The Morgan fingerprint density at radius 3 is 1.77 bits per heavy atom. The van der Waals surface area contributed by atoms with Gasteiger partial charge in [-0.25, -0.2) is 9.59 Å². The number of aliphatic carboxylic acids is 3. The zero-order valence-electron chi connectivity index (χ0n) is 5.85. The van der Waals surface area contributed by atoms with Crippen molar-refractivity contribution in [1.82, 2.24) is 0 Å². The molecule has 3 N–H and O–H groups in total. The van der Waals surface area contributed by atoms with Crippen LogP contribution in [0.3, 0.4) is 0 Å². The predicted octanol–water partition coefficient (Wildman–Crippen LogP) is -1.36. The molecule has 70 valence electrons. The second kappa shape index (κ2) is 6.88. The van der Waals surface area contributed by atoms with E-state index in [1.165, 1.54) is 0 Å². The molecule has 0 aromatic carbocycles. The molecule has 0 aromatic heterocycles. The van der Waals surface area contributed by atoms with E-state index in [9.17, 15) is 14.4 Å². The fourth-order valence-electron chi connectivity index (χ4n) is 0.500. The van der Waals surface area contributed by atoms with E-state index in [0.29, 0.717) is 6.08 Å². The third-order valence-electron chi connectivity index (χ3n) is 0.914. The molecule has 0 radical (unpaired) electrons. The molecule has 6 nitrogen and oxygen atoms in total. The van der Waals surface area contributed by atoms with Crippen molar-refractivity contribution in [2.75, 3.05) is 0 Å². The van der Waals surface area contributed by atoms with Gasteiger partial charge in [0.25, 0.3) is 0 Å². The van der Waals surface area contributed by atoms with Crippen molar-refractivity contribution < 1.29 is 29.7 Å². The van der Waals surface area contributed by atoms with Crippen LogP contribution < -0.4 is 0 Å². The molecule has 0 saturated heterocycles. The van der Waals surface area contributed by atoms with Crippen LogP contribution >= 0.6 is 0 Å². The topological polar surface area (TPSA) is 112 Å². The van der Waals surface area contributed by atoms with Crippen LogP contribution in [0.25, 0.3) is 0 Å². The summed E-state index contributed by atoms with van der Waals surface area (Å²) >= 11 is 0. The van der Waals surface area contributed by atoms with Gasteiger partial charge in [0.2, 0.25) is 0 Å². The monoisotopic (exact) mass is 216 g/mol. The van der Waals surface area contributed by atoms with Crippen LogP contribution in [0.15, 0.2) is 11.6 Å². The van der Waals surface area contributed by atoms with Gasteiger partial charge in [-0.3, -0.25) is 4.79 Å². The van der Waals surface area contributed by atoms with Crippen molar-refractivity contribution in [2.24, 2.45) is 0 Å². The van der Waals surface area contributed by atoms with Crippen LogP contribution in [-0.4, -0.2) is 71.0 Å². The van der Waals surface area contributed by atoms with E-state index in [4.69, 9.17) is 15.3 Å². The van der Waals surface area contributed by atoms with Gasteiger partial charge in [0.05, 0.1) is 12.0 Å². The molecule has 0 aromatic rings. The molecule has 0 aliphatic rings. The Bertz CT molecular complexity index is 256. The third kappa shape index (κ3) is 7.76. The van der Waals surface area contributed by atoms with Gasteiger partial charge in [-0.05, 0) is 0 Å². The van der Waals surface area contributed by atoms with Crippen molar-refractivity contribution in [3.63, 3.8) is 0 Å². The molecule has 0 aliphatic heterocycles.